The van der Waals surface area contributed by atoms with E-state index in [-0.39, 0.29) is 12.2 Å². The predicted molar refractivity (Wildman–Crippen MR) is 179 cm³/mol. The Morgan fingerprint density at radius 2 is 1.16 bits per heavy atom. The minimum Gasteiger partial charge on any atom is -0.490 e. The molecule has 5 heteroatoms. The number of rotatable bonds is 12. The van der Waals surface area contributed by atoms with Crippen molar-refractivity contribution in [2.24, 2.45) is 0 Å². The van der Waals surface area contributed by atoms with Gasteiger partial charge in [0.1, 0.15) is 36.9 Å². The van der Waals surface area contributed by atoms with Crippen LogP contribution in [0.1, 0.15) is 52.8 Å². The summed E-state index contributed by atoms with van der Waals surface area (Å²) in [5.74, 6) is 1.03. The lowest BCUT2D eigenvalue weighted by Crippen LogP contribution is -2.32. The Bertz CT molecular complexity index is 1570. The molecule has 1 aliphatic heterocycles. The van der Waals surface area contributed by atoms with Gasteiger partial charge in [-0.25, -0.2) is 0 Å². The molecule has 1 aliphatic rings. The van der Waals surface area contributed by atoms with E-state index in [9.17, 15) is 0 Å². The molecule has 4 aromatic carbocycles. The molecule has 0 radical (unpaired) electrons. The van der Waals surface area contributed by atoms with E-state index in [1.54, 1.807) is 7.11 Å². The largest absolute Gasteiger partial charge is 0.490 e. The van der Waals surface area contributed by atoms with Gasteiger partial charge in [-0.3, -0.25) is 0 Å². The van der Waals surface area contributed by atoms with Gasteiger partial charge in [-0.15, -0.1) is 0 Å². The van der Waals surface area contributed by atoms with E-state index in [0.717, 1.165) is 44.9 Å². The maximum atomic E-state index is 6.28. The third kappa shape index (κ3) is 8.70. The highest BCUT2D eigenvalue weighted by Gasteiger charge is 2.41. The summed E-state index contributed by atoms with van der Waals surface area (Å²) in [4.78, 5) is 0. The van der Waals surface area contributed by atoms with Gasteiger partial charge in [-0.1, -0.05) is 103 Å². The second-order valence-corrected chi connectivity index (χ2v) is 11.7. The number of hydrogen-bond donors (Lipinski definition) is 0. The van der Waals surface area contributed by atoms with Crippen LogP contribution < -0.4 is 9.47 Å². The number of ether oxygens (including phenoxy) is 5. The van der Waals surface area contributed by atoms with Gasteiger partial charge < -0.3 is 23.7 Å². The fourth-order valence-electron chi connectivity index (χ4n) is 5.16. The van der Waals surface area contributed by atoms with Crippen molar-refractivity contribution in [1.82, 2.24) is 0 Å². The molecule has 1 fully saturated rings. The van der Waals surface area contributed by atoms with Gasteiger partial charge in [0.15, 0.2) is 5.79 Å². The molecule has 1 saturated heterocycles. The quantitative estimate of drug-likeness (QED) is 0.154. The molecule has 0 saturated carbocycles. The van der Waals surface area contributed by atoms with Gasteiger partial charge >= 0.3 is 0 Å². The van der Waals surface area contributed by atoms with E-state index in [0.29, 0.717) is 19.8 Å². The smallest absolute Gasteiger partial charge is 0.164 e. The standard InChI is InChI=1S/C39H42O5/c1-28-11-19-33(35(23-28)41-25-32-9-7-6-8-10-32)21-17-30-13-15-31(16-14-30)18-22-34-20-12-29(2)24-36(34)42-27-38-37(26-40-5)43-39(3,4)44-38/h6-24,37-38H,25-27H2,1-5H3/b21-17+,22-18+/t37-,38-/m0/s1. The number of benzene rings is 4. The van der Waals surface area contributed by atoms with E-state index in [4.69, 9.17) is 23.7 Å². The van der Waals surface area contributed by atoms with Gasteiger partial charge in [-0.05, 0) is 67.6 Å². The molecule has 0 bridgehead atoms. The second-order valence-electron chi connectivity index (χ2n) is 11.7. The average molecular weight is 591 g/mol. The fourth-order valence-corrected chi connectivity index (χ4v) is 5.16. The van der Waals surface area contributed by atoms with Gasteiger partial charge in [0.2, 0.25) is 0 Å². The van der Waals surface area contributed by atoms with Crippen LogP contribution in [0.25, 0.3) is 24.3 Å². The van der Waals surface area contributed by atoms with E-state index in [1.165, 1.54) is 5.56 Å². The SMILES string of the molecule is COC[C@@H]1OC(C)(C)O[C@H]1COc1cc(C)ccc1/C=C/c1ccc(/C=C/c2ccc(C)cc2OCc2ccccc2)cc1. The molecule has 2 atom stereocenters. The van der Waals surface area contributed by atoms with Gasteiger partial charge in [0.25, 0.3) is 0 Å². The summed E-state index contributed by atoms with van der Waals surface area (Å²) in [6.45, 7) is 9.35. The maximum absolute atomic E-state index is 6.28. The Hall–Kier alpha value is -4.16. The summed E-state index contributed by atoms with van der Waals surface area (Å²) in [5, 5.41) is 0. The molecule has 0 N–H and O–H groups in total. The minimum atomic E-state index is -0.660. The zero-order chi connectivity index (χ0) is 30.9. The maximum Gasteiger partial charge on any atom is 0.164 e. The molecular weight excluding hydrogens is 548 g/mol. The van der Waals surface area contributed by atoms with Crippen LogP contribution in [0.15, 0.2) is 91.0 Å². The molecule has 5 nitrogen and oxygen atoms in total. The second kappa shape index (κ2) is 14.5. The topological polar surface area (TPSA) is 46.2 Å². The van der Waals surface area contributed by atoms with Crippen molar-refractivity contribution in [2.45, 2.75) is 52.3 Å². The first-order chi connectivity index (χ1) is 21.3. The Kier molecular flexibility index (Phi) is 10.3. The van der Waals surface area contributed by atoms with E-state index >= 15 is 0 Å². The van der Waals surface area contributed by atoms with Crippen LogP contribution in [0, 0.1) is 13.8 Å². The monoisotopic (exact) mass is 590 g/mol. The molecule has 0 unspecified atom stereocenters. The van der Waals surface area contributed by atoms with Crippen LogP contribution in [0.5, 0.6) is 11.5 Å². The van der Waals surface area contributed by atoms with Crippen LogP contribution in [-0.4, -0.2) is 38.3 Å². The molecule has 0 amide bonds. The minimum absolute atomic E-state index is 0.175. The first-order valence-corrected chi connectivity index (χ1v) is 15.1. The number of aryl methyl sites for hydroxylation is 2. The van der Waals surface area contributed by atoms with E-state index in [2.05, 4.69) is 111 Å². The lowest BCUT2D eigenvalue weighted by atomic mass is 10.1. The highest BCUT2D eigenvalue weighted by molar-refractivity contribution is 5.75. The van der Waals surface area contributed by atoms with Crippen molar-refractivity contribution in [3.05, 3.63) is 130 Å². The molecule has 1 heterocycles. The lowest BCUT2D eigenvalue weighted by molar-refractivity contribution is -0.151. The molecule has 44 heavy (non-hydrogen) atoms. The number of hydrogen-bond acceptors (Lipinski definition) is 5. The Morgan fingerprint density at radius 3 is 1.70 bits per heavy atom. The van der Waals surface area contributed by atoms with Crippen LogP contribution in [0.4, 0.5) is 0 Å². The summed E-state index contributed by atoms with van der Waals surface area (Å²) >= 11 is 0. The zero-order valence-electron chi connectivity index (χ0n) is 26.3. The van der Waals surface area contributed by atoms with Crippen molar-refractivity contribution < 1.29 is 23.7 Å². The zero-order valence-corrected chi connectivity index (χ0v) is 26.3. The summed E-state index contributed by atoms with van der Waals surface area (Å²) < 4.78 is 29.9. The third-order valence-corrected chi connectivity index (χ3v) is 7.44. The Morgan fingerprint density at radius 1 is 0.636 bits per heavy atom. The van der Waals surface area contributed by atoms with Crippen molar-refractivity contribution in [3.63, 3.8) is 0 Å². The Balaban J connectivity index is 1.23. The van der Waals surface area contributed by atoms with Gasteiger partial charge in [0.05, 0.1) is 6.61 Å². The lowest BCUT2D eigenvalue weighted by Gasteiger charge is -2.18. The molecule has 0 aliphatic carbocycles. The van der Waals surface area contributed by atoms with Crippen LogP contribution in [-0.2, 0) is 20.8 Å². The molecular formula is C39H42O5. The van der Waals surface area contributed by atoms with Crippen molar-refractivity contribution in [2.75, 3.05) is 20.3 Å². The Labute approximate surface area is 261 Å². The summed E-state index contributed by atoms with van der Waals surface area (Å²) in [7, 11) is 1.67. The van der Waals surface area contributed by atoms with E-state index < -0.39 is 5.79 Å². The number of methoxy groups -OCH3 is 1. The van der Waals surface area contributed by atoms with Gasteiger partial charge in [0, 0.05) is 18.2 Å². The normalized spacial score (nSPS) is 17.8. The van der Waals surface area contributed by atoms with Crippen LogP contribution in [0.2, 0.25) is 0 Å². The summed E-state index contributed by atoms with van der Waals surface area (Å²) in [6, 6.07) is 31.3. The van der Waals surface area contributed by atoms with Crippen molar-refractivity contribution in [3.8, 4) is 11.5 Å². The molecule has 0 spiro atoms. The van der Waals surface area contributed by atoms with Crippen molar-refractivity contribution in [1.29, 1.82) is 0 Å². The highest BCUT2D eigenvalue weighted by atomic mass is 16.8. The van der Waals surface area contributed by atoms with E-state index in [1.807, 2.05) is 32.0 Å². The van der Waals surface area contributed by atoms with Crippen LogP contribution in [0.3, 0.4) is 0 Å². The van der Waals surface area contributed by atoms with Crippen molar-refractivity contribution >= 4 is 24.3 Å². The summed E-state index contributed by atoms with van der Waals surface area (Å²) in [6.07, 6.45) is 8.03. The average Bonchev–Trinajstić information content (AvgIpc) is 3.31. The molecule has 5 rings (SSSR count). The third-order valence-electron chi connectivity index (χ3n) is 7.44. The van der Waals surface area contributed by atoms with Gasteiger partial charge in [-0.2, -0.15) is 0 Å². The molecule has 4 aromatic rings. The molecule has 228 valence electrons. The fraction of sp³-hybridized carbons (Fsp3) is 0.282. The predicted octanol–water partition coefficient (Wildman–Crippen LogP) is 8.77. The molecule has 0 aromatic heterocycles. The highest BCUT2D eigenvalue weighted by Crippen LogP contribution is 2.30. The summed E-state index contributed by atoms with van der Waals surface area (Å²) in [5.41, 5.74) is 7.72. The first-order valence-electron chi connectivity index (χ1n) is 15.1. The first kappa shape index (κ1) is 31.3. The van der Waals surface area contributed by atoms with Crippen LogP contribution >= 0.6 is 0 Å².